The van der Waals surface area contributed by atoms with Gasteiger partial charge in [-0.05, 0) is 26.0 Å². The van der Waals surface area contributed by atoms with Crippen molar-refractivity contribution >= 4 is 22.9 Å². The van der Waals surface area contributed by atoms with E-state index in [1.807, 2.05) is 18.2 Å². The molecule has 16 heavy (non-hydrogen) atoms. The van der Waals surface area contributed by atoms with Crippen LogP contribution < -0.4 is 15.4 Å². The second kappa shape index (κ2) is 5.70. The molecule has 0 bridgehead atoms. The fraction of sp³-hybridized carbons (Fsp3) is 0.417. The molecule has 0 radical (unpaired) electrons. The van der Waals surface area contributed by atoms with E-state index in [2.05, 4.69) is 18.7 Å². The van der Waals surface area contributed by atoms with Gasteiger partial charge in [0.25, 0.3) is 0 Å². The summed E-state index contributed by atoms with van der Waals surface area (Å²) >= 11 is 4.97. The average molecular weight is 238 g/mol. The number of benzene rings is 1. The van der Waals surface area contributed by atoms with E-state index in [0.717, 1.165) is 30.1 Å². The third-order valence-electron chi connectivity index (χ3n) is 2.58. The van der Waals surface area contributed by atoms with Crippen LogP contribution in [0.15, 0.2) is 18.2 Å². The minimum atomic E-state index is 0.364. The molecule has 1 rings (SSSR count). The summed E-state index contributed by atoms with van der Waals surface area (Å²) in [4.78, 5) is 2.61. The molecule has 0 atom stereocenters. The quantitative estimate of drug-likeness (QED) is 0.798. The molecular formula is C12H18N2OS. The third kappa shape index (κ3) is 2.64. The Morgan fingerprint density at radius 2 is 2.00 bits per heavy atom. The summed E-state index contributed by atoms with van der Waals surface area (Å²) in [6, 6.07) is 5.90. The number of nitrogens with two attached hydrogens (primary N) is 1. The highest BCUT2D eigenvalue weighted by atomic mass is 32.1. The molecule has 1 aromatic rings. The van der Waals surface area contributed by atoms with Crippen LogP contribution in [0.1, 0.15) is 19.4 Å². The van der Waals surface area contributed by atoms with Gasteiger partial charge in [0.2, 0.25) is 0 Å². The maximum atomic E-state index is 5.62. The van der Waals surface area contributed by atoms with Crippen LogP contribution in [-0.4, -0.2) is 25.2 Å². The van der Waals surface area contributed by atoms with E-state index in [-0.39, 0.29) is 0 Å². The normalized spacial score (nSPS) is 9.94. The molecule has 0 aliphatic rings. The van der Waals surface area contributed by atoms with Crippen molar-refractivity contribution in [3.63, 3.8) is 0 Å². The summed E-state index contributed by atoms with van der Waals surface area (Å²) in [7, 11) is 1.63. The standard InChI is InChI=1S/C12H18N2OS/c1-4-14(5-2)9-6-7-10(12(13)16)11(8-9)15-3/h6-8H,4-5H2,1-3H3,(H2,13,16). The van der Waals surface area contributed by atoms with Gasteiger partial charge in [0, 0.05) is 24.8 Å². The van der Waals surface area contributed by atoms with Gasteiger partial charge in [-0.2, -0.15) is 0 Å². The smallest absolute Gasteiger partial charge is 0.131 e. The minimum Gasteiger partial charge on any atom is -0.496 e. The van der Waals surface area contributed by atoms with Crippen LogP contribution in [0.3, 0.4) is 0 Å². The SMILES string of the molecule is CCN(CC)c1ccc(C(N)=S)c(OC)c1. The summed E-state index contributed by atoms with van der Waals surface area (Å²) in [5, 5.41) is 0. The van der Waals surface area contributed by atoms with Crippen molar-refractivity contribution in [2.24, 2.45) is 5.73 Å². The van der Waals surface area contributed by atoms with Gasteiger partial charge in [-0.1, -0.05) is 12.2 Å². The largest absolute Gasteiger partial charge is 0.496 e. The summed E-state index contributed by atoms with van der Waals surface area (Å²) in [6.45, 7) is 6.17. The average Bonchev–Trinajstić information content (AvgIpc) is 2.30. The number of rotatable bonds is 5. The number of nitrogens with zero attached hydrogens (tertiary/aromatic N) is 1. The molecule has 4 heteroatoms. The zero-order valence-corrected chi connectivity index (χ0v) is 10.8. The van der Waals surface area contributed by atoms with Gasteiger partial charge >= 0.3 is 0 Å². The topological polar surface area (TPSA) is 38.5 Å². The lowest BCUT2D eigenvalue weighted by Crippen LogP contribution is -2.22. The zero-order chi connectivity index (χ0) is 12.1. The Bertz CT molecular complexity index is 375. The van der Waals surface area contributed by atoms with Gasteiger partial charge in [-0.25, -0.2) is 0 Å². The molecule has 0 saturated heterocycles. The van der Waals surface area contributed by atoms with Crippen molar-refractivity contribution in [1.29, 1.82) is 0 Å². The van der Waals surface area contributed by atoms with Crippen molar-refractivity contribution in [1.82, 2.24) is 0 Å². The Hall–Kier alpha value is -1.29. The number of thiocarbonyl (C=S) groups is 1. The van der Waals surface area contributed by atoms with E-state index in [1.165, 1.54) is 0 Å². The Balaban J connectivity index is 3.12. The molecular weight excluding hydrogens is 220 g/mol. The summed E-state index contributed by atoms with van der Waals surface area (Å²) < 4.78 is 5.29. The molecule has 0 aromatic heterocycles. The van der Waals surface area contributed by atoms with Gasteiger partial charge in [0.15, 0.2) is 0 Å². The van der Waals surface area contributed by atoms with Crippen LogP contribution in [0.4, 0.5) is 5.69 Å². The fourth-order valence-electron chi connectivity index (χ4n) is 1.67. The minimum absolute atomic E-state index is 0.364. The van der Waals surface area contributed by atoms with E-state index in [4.69, 9.17) is 22.7 Å². The first kappa shape index (κ1) is 12.8. The molecule has 0 aliphatic carbocycles. The van der Waals surface area contributed by atoms with Crippen LogP contribution in [0.5, 0.6) is 5.75 Å². The maximum Gasteiger partial charge on any atom is 0.131 e. The molecule has 0 unspecified atom stereocenters. The lowest BCUT2D eigenvalue weighted by molar-refractivity contribution is 0.414. The van der Waals surface area contributed by atoms with Crippen LogP contribution in [0, 0.1) is 0 Å². The molecule has 1 aromatic carbocycles. The molecule has 0 spiro atoms. The number of hydrogen-bond acceptors (Lipinski definition) is 3. The molecule has 88 valence electrons. The summed E-state index contributed by atoms with van der Waals surface area (Å²) in [5.74, 6) is 0.733. The van der Waals surface area contributed by atoms with Gasteiger partial charge in [-0.15, -0.1) is 0 Å². The summed E-state index contributed by atoms with van der Waals surface area (Å²) in [6.07, 6.45) is 0. The molecule has 0 heterocycles. The van der Waals surface area contributed by atoms with Crippen molar-refractivity contribution in [3.8, 4) is 5.75 Å². The van der Waals surface area contributed by atoms with Crippen molar-refractivity contribution in [2.45, 2.75) is 13.8 Å². The highest BCUT2D eigenvalue weighted by molar-refractivity contribution is 7.80. The monoisotopic (exact) mass is 238 g/mol. The van der Waals surface area contributed by atoms with Crippen molar-refractivity contribution in [2.75, 3.05) is 25.1 Å². The van der Waals surface area contributed by atoms with Crippen LogP contribution >= 0.6 is 12.2 Å². The lowest BCUT2D eigenvalue weighted by atomic mass is 10.1. The Morgan fingerprint density at radius 3 is 2.44 bits per heavy atom. The molecule has 3 nitrogen and oxygen atoms in total. The predicted molar refractivity (Wildman–Crippen MR) is 72.4 cm³/mol. The highest BCUT2D eigenvalue weighted by Gasteiger charge is 2.09. The molecule has 2 N–H and O–H groups in total. The van der Waals surface area contributed by atoms with E-state index in [9.17, 15) is 0 Å². The van der Waals surface area contributed by atoms with Crippen LogP contribution in [-0.2, 0) is 0 Å². The first-order valence-corrected chi connectivity index (χ1v) is 5.77. The van der Waals surface area contributed by atoms with Gasteiger partial charge < -0.3 is 15.4 Å². The molecule has 0 saturated carbocycles. The second-order valence-electron chi connectivity index (χ2n) is 3.42. The van der Waals surface area contributed by atoms with E-state index in [1.54, 1.807) is 7.11 Å². The third-order valence-corrected chi connectivity index (χ3v) is 2.80. The maximum absolute atomic E-state index is 5.62. The molecule has 0 amide bonds. The van der Waals surface area contributed by atoms with Crippen LogP contribution in [0.25, 0.3) is 0 Å². The molecule has 0 aliphatic heterocycles. The van der Waals surface area contributed by atoms with Gasteiger partial charge in [0.05, 0.1) is 12.7 Å². The fourth-order valence-corrected chi connectivity index (χ4v) is 1.84. The second-order valence-corrected chi connectivity index (χ2v) is 3.86. The number of hydrogen-bond donors (Lipinski definition) is 1. The van der Waals surface area contributed by atoms with Crippen LogP contribution in [0.2, 0.25) is 0 Å². The predicted octanol–water partition coefficient (Wildman–Crippen LogP) is 2.18. The lowest BCUT2D eigenvalue weighted by Gasteiger charge is -2.22. The van der Waals surface area contributed by atoms with Gasteiger partial charge in [0.1, 0.15) is 10.7 Å². The van der Waals surface area contributed by atoms with Crippen molar-refractivity contribution < 1.29 is 4.74 Å². The Kier molecular flexibility index (Phi) is 4.55. The number of anilines is 1. The van der Waals surface area contributed by atoms with E-state index in [0.29, 0.717) is 4.99 Å². The molecule has 0 fully saturated rings. The van der Waals surface area contributed by atoms with Crippen molar-refractivity contribution in [3.05, 3.63) is 23.8 Å². The first-order chi connectivity index (χ1) is 7.63. The Labute approximate surface area is 102 Å². The number of methoxy groups -OCH3 is 1. The van der Waals surface area contributed by atoms with E-state index >= 15 is 0 Å². The van der Waals surface area contributed by atoms with E-state index < -0.39 is 0 Å². The first-order valence-electron chi connectivity index (χ1n) is 5.36. The summed E-state index contributed by atoms with van der Waals surface area (Å²) in [5.41, 5.74) is 7.53. The highest BCUT2D eigenvalue weighted by Crippen LogP contribution is 2.25. The Morgan fingerprint density at radius 1 is 1.38 bits per heavy atom. The zero-order valence-electron chi connectivity index (χ0n) is 9.99. The number of ether oxygens (including phenoxy) is 1. The van der Waals surface area contributed by atoms with Gasteiger partial charge in [-0.3, -0.25) is 0 Å².